The van der Waals surface area contributed by atoms with Crippen LogP contribution in [0.4, 0.5) is 0 Å². The summed E-state index contributed by atoms with van der Waals surface area (Å²) in [5, 5.41) is 2.73. The molecule has 1 unspecified atom stereocenters. The second kappa shape index (κ2) is 9.85. The lowest BCUT2D eigenvalue weighted by Gasteiger charge is -2.18. The molecule has 18 heavy (non-hydrogen) atoms. The van der Waals surface area contributed by atoms with Crippen molar-refractivity contribution in [2.45, 2.75) is 32.2 Å². The van der Waals surface area contributed by atoms with Gasteiger partial charge in [0, 0.05) is 39.8 Å². The van der Waals surface area contributed by atoms with Crippen LogP contribution in [0.15, 0.2) is 0 Å². The maximum atomic E-state index is 11.7. The van der Waals surface area contributed by atoms with E-state index in [9.17, 15) is 9.59 Å². The first-order valence-electron chi connectivity index (χ1n) is 6.26. The highest BCUT2D eigenvalue weighted by molar-refractivity contribution is 5.84. The number of nitrogens with two attached hydrogens (primary N) is 1. The van der Waals surface area contributed by atoms with Crippen LogP contribution in [-0.2, 0) is 14.3 Å². The number of ether oxygens (including phenoxy) is 1. The number of hydrogen-bond acceptors (Lipinski definition) is 4. The molecule has 0 aromatic heterocycles. The normalized spacial score (nSPS) is 12.0. The van der Waals surface area contributed by atoms with Crippen molar-refractivity contribution in [2.75, 3.05) is 33.9 Å². The van der Waals surface area contributed by atoms with Crippen LogP contribution in [-0.4, -0.2) is 56.6 Å². The van der Waals surface area contributed by atoms with Crippen molar-refractivity contribution in [1.29, 1.82) is 0 Å². The van der Waals surface area contributed by atoms with E-state index in [4.69, 9.17) is 10.5 Å². The second-order valence-electron chi connectivity index (χ2n) is 4.32. The van der Waals surface area contributed by atoms with Gasteiger partial charge in [0.25, 0.3) is 0 Å². The molecule has 0 saturated heterocycles. The number of hydrogen-bond donors (Lipinski definition) is 2. The van der Waals surface area contributed by atoms with E-state index in [-0.39, 0.29) is 30.8 Å². The van der Waals surface area contributed by atoms with Gasteiger partial charge in [0.05, 0.1) is 6.54 Å². The standard InChI is InChI=1S/C12H25N3O3/c1-4-10(13)8-12(17)15(2)9-11(16)14-6-5-7-18-3/h10H,4-9,13H2,1-3H3,(H,14,16). The molecule has 6 heteroatoms. The van der Waals surface area contributed by atoms with Crippen molar-refractivity contribution in [2.24, 2.45) is 5.73 Å². The van der Waals surface area contributed by atoms with Crippen molar-refractivity contribution in [3.63, 3.8) is 0 Å². The van der Waals surface area contributed by atoms with Crippen LogP contribution in [0, 0.1) is 0 Å². The van der Waals surface area contributed by atoms with Gasteiger partial charge in [-0.2, -0.15) is 0 Å². The lowest BCUT2D eigenvalue weighted by molar-refractivity contribution is -0.135. The molecular weight excluding hydrogens is 234 g/mol. The van der Waals surface area contributed by atoms with E-state index in [1.807, 2.05) is 6.92 Å². The summed E-state index contributed by atoms with van der Waals surface area (Å²) in [4.78, 5) is 24.6. The molecule has 0 spiro atoms. The Labute approximate surface area is 109 Å². The summed E-state index contributed by atoms with van der Waals surface area (Å²) in [6.07, 6.45) is 1.80. The lowest BCUT2D eigenvalue weighted by Crippen LogP contribution is -2.40. The molecule has 6 nitrogen and oxygen atoms in total. The van der Waals surface area contributed by atoms with E-state index in [0.29, 0.717) is 13.2 Å². The van der Waals surface area contributed by atoms with Gasteiger partial charge in [0.2, 0.25) is 11.8 Å². The maximum Gasteiger partial charge on any atom is 0.239 e. The molecule has 2 amide bonds. The molecule has 106 valence electrons. The van der Waals surface area contributed by atoms with Crippen LogP contribution in [0.1, 0.15) is 26.2 Å². The van der Waals surface area contributed by atoms with Crippen LogP contribution in [0.2, 0.25) is 0 Å². The first kappa shape index (κ1) is 16.9. The maximum absolute atomic E-state index is 11.7. The average molecular weight is 259 g/mol. The Hall–Kier alpha value is -1.14. The number of carbonyl (C=O) groups excluding carboxylic acids is 2. The van der Waals surface area contributed by atoms with Crippen molar-refractivity contribution in [1.82, 2.24) is 10.2 Å². The minimum Gasteiger partial charge on any atom is -0.385 e. The molecule has 0 heterocycles. The van der Waals surface area contributed by atoms with E-state index in [1.165, 1.54) is 4.90 Å². The van der Waals surface area contributed by atoms with Crippen molar-refractivity contribution >= 4 is 11.8 Å². The number of likely N-dealkylation sites (N-methyl/N-ethyl adjacent to an activating group) is 1. The van der Waals surface area contributed by atoms with Crippen LogP contribution in [0.3, 0.4) is 0 Å². The van der Waals surface area contributed by atoms with Gasteiger partial charge in [-0.05, 0) is 12.8 Å². The Balaban J connectivity index is 3.81. The van der Waals surface area contributed by atoms with Crippen LogP contribution >= 0.6 is 0 Å². The number of amides is 2. The molecular formula is C12H25N3O3. The van der Waals surface area contributed by atoms with Crippen molar-refractivity contribution in [3.05, 3.63) is 0 Å². The van der Waals surface area contributed by atoms with E-state index < -0.39 is 0 Å². The largest absolute Gasteiger partial charge is 0.385 e. The Morgan fingerprint density at radius 1 is 1.44 bits per heavy atom. The number of nitrogens with one attached hydrogen (secondary N) is 1. The fourth-order valence-corrected chi connectivity index (χ4v) is 1.33. The summed E-state index contributed by atoms with van der Waals surface area (Å²) in [5.74, 6) is -0.261. The molecule has 0 aliphatic rings. The van der Waals surface area contributed by atoms with E-state index in [1.54, 1.807) is 14.2 Å². The minimum atomic E-state index is -0.160. The molecule has 0 fully saturated rings. The van der Waals surface area contributed by atoms with E-state index in [2.05, 4.69) is 5.32 Å². The Bertz CT molecular complexity index is 259. The zero-order chi connectivity index (χ0) is 14.0. The van der Waals surface area contributed by atoms with Gasteiger partial charge in [0.1, 0.15) is 0 Å². The number of rotatable bonds is 9. The number of nitrogens with zero attached hydrogens (tertiary/aromatic N) is 1. The monoisotopic (exact) mass is 259 g/mol. The third kappa shape index (κ3) is 8.03. The molecule has 0 radical (unpaired) electrons. The zero-order valence-corrected chi connectivity index (χ0v) is 11.6. The molecule has 0 aromatic rings. The topological polar surface area (TPSA) is 84.7 Å². The molecule has 0 rings (SSSR count). The number of carbonyl (C=O) groups is 2. The summed E-state index contributed by atoms with van der Waals surface area (Å²) in [7, 11) is 3.23. The zero-order valence-electron chi connectivity index (χ0n) is 11.6. The van der Waals surface area contributed by atoms with Gasteiger partial charge in [0.15, 0.2) is 0 Å². The first-order chi connectivity index (χ1) is 8.51. The quantitative estimate of drug-likeness (QED) is 0.558. The van der Waals surface area contributed by atoms with Gasteiger partial charge < -0.3 is 20.7 Å². The lowest BCUT2D eigenvalue weighted by atomic mass is 10.1. The summed E-state index contributed by atoms with van der Waals surface area (Å²) < 4.78 is 4.87. The second-order valence-corrected chi connectivity index (χ2v) is 4.32. The fourth-order valence-electron chi connectivity index (χ4n) is 1.33. The molecule has 0 aliphatic carbocycles. The predicted octanol–water partition coefficient (Wildman–Crippen LogP) is -0.275. The van der Waals surface area contributed by atoms with Crippen molar-refractivity contribution < 1.29 is 14.3 Å². The van der Waals surface area contributed by atoms with Gasteiger partial charge in [-0.25, -0.2) is 0 Å². The third-order valence-corrected chi connectivity index (χ3v) is 2.62. The summed E-state index contributed by atoms with van der Waals surface area (Å²) in [6.45, 7) is 3.17. The molecule has 3 N–H and O–H groups in total. The van der Waals surface area contributed by atoms with Crippen LogP contribution in [0.5, 0.6) is 0 Å². The highest BCUT2D eigenvalue weighted by Crippen LogP contribution is 1.98. The molecule has 0 aliphatic heterocycles. The fraction of sp³-hybridized carbons (Fsp3) is 0.833. The third-order valence-electron chi connectivity index (χ3n) is 2.62. The van der Waals surface area contributed by atoms with Gasteiger partial charge >= 0.3 is 0 Å². The van der Waals surface area contributed by atoms with Crippen LogP contribution in [0.25, 0.3) is 0 Å². The summed E-state index contributed by atoms with van der Waals surface area (Å²) in [5.41, 5.74) is 5.69. The Morgan fingerprint density at radius 3 is 2.67 bits per heavy atom. The molecule has 0 aromatic carbocycles. The first-order valence-corrected chi connectivity index (χ1v) is 6.26. The van der Waals surface area contributed by atoms with Crippen LogP contribution < -0.4 is 11.1 Å². The van der Waals surface area contributed by atoms with Gasteiger partial charge in [-0.3, -0.25) is 9.59 Å². The minimum absolute atomic E-state index is 0.0717. The average Bonchev–Trinajstić information content (AvgIpc) is 2.34. The summed E-state index contributed by atoms with van der Waals surface area (Å²) in [6, 6.07) is -0.135. The molecule has 1 atom stereocenters. The Morgan fingerprint density at radius 2 is 2.11 bits per heavy atom. The Kier molecular flexibility index (Phi) is 9.22. The molecule has 0 bridgehead atoms. The number of methoxy groups -OCH3 is 1. The predicted molar refractivity (Wildman–Crippen MR) is 70.0 cm³/mol. The van der Waals surface area contributed by atoms with E-state index in [0.717, 1.165) is 12.8 Å². The van der Waals surface area contributed by atoms with E-state index >= 15 is 0 Å². The van der Waals surface area contributed by atoms with Gasteiger partial charge in [-0.15, -0.1) is 0 Å². The smallest absolute Gasteiger partial charge is 0.239 e. The SMILES string of the molecule is CCC(N)CC(=O)N(C)CC(=O)NCCCOC. The van der Waals surface area contributed by atoms with Gasteiger partial charge in [-0.1, -0.05) is 6.92 Å². The highest BCUT2D eigenvalue weighted by atomic mass is 16.5. The highest BCUT2D eigenvalue weighted by Gasteiger charge is 2.14. The molecule has 0 saturated carbocycles. The van der Waals surface area contributed by atoms with Crippen molar-refractivity contribution in [3.8, 4) is 0 Å². The summed E-state index contributed by atoms with van der Waals surface area (Å²) >= 11 is 0.